The quantitative estimate of drug-likeness (QED) is 0.166. The molecule has 56 heavy (non-hydrogen) atoms. The monoisotopic (exact) mass is 742 g/mol. The van der Waals surface area contributed by atoms with E-state index in [2.05, 4.69) is 138 Å². The van der Waals surface area contributed by atoms with E-state index < -0.39 is 0 Å². The maximum Gasteiger partial charge on any atom is 0.262 e. The van der Waals surface area contributed by atoms with E-state index in [-0.39, 0.29) is 37.0 Å². The SMILES string of the molecule is CC(C)c1cc2c3c(c1)N(c1ccc4c(c1)OCO4)c1oc4ccc(C(C)(C)C)cc4c1B3c1c(oc3ccc(C(C)(C)C)cc13)N2c1ccc2c(c1)OCO2. The van der Waals surface area contributed by atoms with Crippen molar-refractivity contribution in [3.8, 4) is 23.0 Å². The van der Waals surface area contributed by atoms with Crippen LogP contribution in [0.5, 0.6) is 23.0 Å². The van der Waals surface area contributed by atoms with Gasteiger partial charge in [0.25, 0.3) is 6.71 Å². The molecule has 7 aromatic rings. The van der Waals surface area contributed by atoms with Crippen molar-refractivity contribution >= 4 is 79.6 Å². The largest absolute Gasteiger partial charge is 0.454 e. The summed E-state index contributed by atoms with van der Waals surface area (Å²) in [7, 11) is 0. The van der Waals surface area contributed by atoms with Crippen molar-refractivity contribution in [1.29, 1.82) is 0 Å². The van der Waals surface area contributed by atoms with Crippen LogP contribution < -0.4 is 45.1 Å². The van der Waals surface area contributed by atoms with Gasteiger partial charge < -0.3 is 27.8 Å². The molecular weight excluding hydrogens is 699 g/mol. The summed E-state index contributed by atoms with van der Waals surface area (Å²) in [4.78, 5) is 4.59. The van der Waals surface area contributed by atoms with Crippen molar-refractivity contribution in [3.63, 3.8) is 0 Å². The number of hydrogen-bond donors (Lipinski definition) is 0. The lowest BCUT2D eigenvalue weighted by Gasteiger charge is -2.41. The Kier molecular flexibility index (Phi) is 6.74. The Hall–Kier alpha value is -5.96. The minimum atomic E-state index is -0.213. The zero-order valence-corrected chi connectivity index (χ0v) is 33.0. The average molecular weight is 743 g/mol. The Morgan fingerprint density at radius 2 is 0.964 bits per heavy atom. The highest BCUT2D eigenvalue weighted by atomic mass is 16.7. The minimum absolute atomic E-state index is 0.0723. The van der Waals surface area contributed by atoms with E-state index in [4.69, 9.17) is 27.8 Å². The van der Waals surface area contributed by atoms with Crippen LogP contribution in [0.4, 0.5) is 34.5 Å². The molecule has 0 bridgehead atoms. The van der Waals surface area contributed by atoms with Crippen LogP contribution in [0.25, 0.3) is 21.9 Å². The summed E-state index contributed by atoms with van der Waals surface area (Å²) >= 11 is 0. The lowest BCUT2D eigenvalue weighted by atomic mass is 9.33. The molecular formula is C47H43BN2O6. The summed E-state index contributed by atoms with van der Waals surface area (Å²) in [5.41, 5.74) is 12.6. The third kappa shape index (κ3) is 4.72. The Morgan fingerprint density at radius 3 is 1.39 bits per heavy atom. The summed E-state index contributed by atoms with van der Waals surface area (Å²) in [5.74, 6) is 4.71. The van der Waals surface area contributed by atoms with Gasteiger partial charge in [0.05, 0.1) is 11.4 Å². The van der Waals surface area contributed by atoms with E-state index in [9.17, 15) is 0 Å². The van der Waals surface area contributed by atoms with Gasteiger partial charge in [0.2, 0.25) is 25.4 Å². The lowest BCUT2D eigenvalue weighted by Crippen LogP contribution is -2.60. The topological polar surface area (TPSA) is 69.7 Å². The molecule has 280 valence electrons. The molecule has 4 aliphatic heterocycles. The van der Waals surface area contributed by atoms with E-state index in [1.54, 1.807) is 0 Å². The van der Waals surface area contributed by atoms with Crippen molar-refractivity contribution in [3.05, 3.63) is 102 Å². The summed E-state index contributed by atoms with van der Waals surface area (Å²) in [6, 6.07) is 30.4. The van der Waals surface area contributed by atoms with E-state index in [1.165, 1.54) is 22.2 Å². The summed E-state index contributed by atoms with van der Waals surface area (Å²) in [6.07, 6.45) is 0. The molecule has 0 aliphatic carbocycles. The second-order valence-electron chi connectivity index (χ2n) is 17.9. The number of benzene rings is 5. The van der Waals surface area contributed by atoms with Gasteiger partial charge in [-0.05, 0) is 99.6 Å². The number of rotatable bonds is 3. The number of fused-ring (bicyclic) bond motifs is 10. The summed E-state index contributed by atoms with van der Waals surface area (Å²) in [5, 5.41) is 2.19. The fourth-order valence-corrected chi connectivity index (χ4v) is 8.89. The van der Waals surface area contributed by atoms with Crippen LogP contribution in [0.1, 0.15) is 78.0 Å². The standard InChI is InChI=1S/C47H43BN2O6/c1-25(2)26-17-33-43-34(18-26)50(30-12-16-38-40(22-30)54-24-52-38)45-42(32-20-28(47(6,7)8)10-14-36(32)56-45)48(43)41-31-19-27(46(3,4)5)9-13-35(31)55-44(41)49(33)29-11-15-37-39(21-29)53-23-51-37/h9-22,25H,23-24H2,1-8H3. The molecule has 0 radical (unpaired) electrons. The van der Waals surface area contributed by atoms with Crippen LogP contribution in [-0.4, -0.2) is 20.3 Å². The molecule has 5 aromatic carbocycles. The molecule has 8 nitrogen and oxygen atoms in total. The first-order valence-electron chi connectivity index (χ1n) is 19.5. The van der Waals surface area contributed by atoms with Crippen LogP contribution >= 0.6 is 0 Å². The fraction of sp³-hybridized carbons (Fsp3) is 0.277. The predicted octanol–water partition coefficient (Wildman–Crippen LogP) is 10.4. The van der Waals surface area contributed by atoms with E-state index >= 15 is 0 Å². The highest BCUT2D eigenvalue weighted by molar-refractivity contribution is 7.02. The molecule has 0 fully saturated rings. The highest BCUT2D eigenvalue weighted by Gasteiger charge is 2.49. The molecule has 0 N–H and O–H groups in total. The van der Waals surface area contributed by atoms with Gasteiger partial charge in [-0.15, -0.1) is 0 Å². The Morgan fingerprint density at radius 1 is 0.518 bits per heavy atom. The zero-order chi connectivity index (χ0) is 38.4. The van der Waals surface area contributed by atoms with Gasteiger partial charge in [0.1, 0.15) is 11.2 Å². The van der Waals surface area contributed by atoms with Crippen molar-refractivity contribution < 1.29 is 27.8 Å². The molecule has 6 heterocycles. The number of ether oxygens (including phenoxy) is 4. The second kappa shape index (κ2) is 11.3. The lowest BCUT2D eigenvalue weighted by molar-refractivity contribution is 0.173. The molecule has 2 aromatic heterocycles. The smallest absolute Gasteiger partial charge is 0.262 e. The fourth-order valence-electron chi connectivity index (χ4n) is 8.89. The third-order valence-corrected chi connectivity index (χ3v) is 12.0. The van der Waals surface area contributed by atoms with Gasteiger partial charge >= 0.3 is 0 Å². The van der Waals surface area contributed by atoms with Gasteiger partial charge in [0, 0.05) is 45.2 Å². The van der Waals surface area contributed by atoms with Crippen molar-refractivity contribution in [2.45, 2.75) is 72.1 Å². The van der Waals surface area contributed by atoms with Gasteiger partial charge in [0.15, 0.2) is 23.0 Å². The first-order valence-corrected chi connectivity index (χ1v) is 19.5. The summed E-state index contributed by atoms with van der Waals surface area (Å²) in [6.45, 7) is 18.3. The van der Waals surface area contributed by atoms with Crippen LogP contribution in [0.15, 0.2) is 93.8 Å². The molecule has 0 saturated carbocycles. The average Bonchev–Trinajstić information content (AvgIpc) is 3.97. The summed E-state index contributed by atoms with van der Waals surface area (Å²) < 4.78 is 37.7. The van der Waals surface area contributed by atoms with Crippen LogP contribution in [0.2, 0.25) is 0 Å². The molecule has 0 saturated heterocycles. The Balaban J connectivity index is 1.30. The molecule has 0 unspecified atom stereocenters. The number of nitrogens with zero attached hydrogens (tertiary/aromatic N) is 2. The number of anilines is 6. The number of hydrogen-bond acceptors (Lipinski definition) is 8. The molecule has 0 amide bonds. The van der Waals surface area contributed by atoms with Crippen molar-refractivity contribution in [2.24, 2.45) is 0 Å². The van der Waals surface area contributed by atoms with Crippen LogP contribution in [0.3, 0.4) is 0 Å². The maximum atomic E-state index is 7.12. The van der Waals surface area contributed by atoms with Crippen molar-refractivity contribution in [2.75, 3.05) is 23.4 Å². The normalized spacial score (nSPS) is 15.3. The maximum absolute atomic E-state index is 7.12. The minimum Gasteiger partial charge on any atom is -0.454 e. The van der Waals surface area contributed by atoms with E-state index in [0.29, 0.717) is 11.5 Å². The third-order valence-electron chi connectivity index (χ3n) is 12.0. The van der Waals surface area contributed by atoms with E-state index in [0.717, 1.165) is 78.9 Å². The van der Waals surface area contributed by atoms with Crippen LogP contribution in [0, 0.1) is 0 Å². The number of furan rings is 2. The molecule has 4 aliphatic rings. The Bertz CT molecular complexity index is 2620. The molecule has 0 atom stereocenters. The second-order valence-corrected chi connectivity index (χ2v) is 17.9. The van der Waals surface area contributed by atoms with Crippen LogP contribution in [-0.2, 0) is 10.8 Å². The molecule has 0 spiro atoms. The van der Waals surface area contributed by atoms with Gasteiger partial charge in [-0.1, -0.05) is 67.5 Å². The first kappa shape index (κ1) is 33.4. The molecule has 11 rings (SSSR count). The predicted molar refractivity (Wildman–Crippen MR) is 224 cm³/mol. The first-order chi connectivity index (χ1) is 26.8. The van der Waals surface area contributed by atoms with Crippen molar-refractivity contribution in [1.82, 2.24) is 0 Å². The molecule has 9 heteroatoms. The van der Waals surface area contributed by atoms with Gasteiger partial charge in [-0.25, -0.2) is 0 Å². The Labute approximate surface area is 326 Å². The van der Waals surface area contributed by atoms with Gasteiger partial charge in [-0.2, -0.15) is 0 Å². The van der Waals surface area contributed by atoms with E-state index in [1.807, 2.05) is 12.1 Å². The van der Waals surface area contributed by atoms with Gasteiger partial charge in [-0.3, -0.25) is 9.80 Å². The highest BCUT2D eigenvalue weighted by Crippen LogP contribution is 2.51. The zero-order valence-electron chi connectivity index (χ0n) is 33.0.